The SMILES string of the molecule is CCCC1=C(C)OOCC1. The molecule has 0 radical (unpaired) electrons. The van der Waals surface area contributed by atoms with Crippen LogP contribution < -0.4 is 0 Å². The predicted octanol–water partition coefficient (Wildman–Crippen LogP) is 2.41. The van der Waals surface area contributed by atoms with Crippen LogP contribution in [0.5, 0.6) is 0 Å². The summed E-state index contributed by atoms with van der Waals surface area (Å²) < 4.78 is 0. The van der Waals surface area contributed by atoms with Crippen LogP contribution in [0.3, 0.4) is 0 Å². The van der Waals surface area contributed by atoms with Crippen molar-refractivity contribution in [3.8, 4) is 0 Å². The minimum Gasteiger partial charge on any atom is -0.342 e. The minimum atomic E-state index is 0.715. The van der Waals surface area contributed by atoms with E-state index in [0.717, 1.165) is 18.6 Å². The molecule has 2 nitrogen and oxygen atoms in total. The second kappa shape index (κ2) is 3.62. The fourth-order valence-electron chi connectivity index (χ4n) is 1.13. The molecule has 58 valence electrons. The summed E-state index contributed by atoms with van der Waals surface area (Å²) in [4.78, 5) is 9.72. The third-order valence-electron chi connectivity index (χ3n) is 1.72. The minimum absolute atomic E-state index is 0.715. The van der Waals surface area contributed by atoms with Crippen LogP contribution in [-0.2, 0) is 9.78 Å². The highest BCUT2D eigenvalue weighted by atomic mass is 17.2. The average Bonchev–Trinajstić information content (AvgIpc) is 1.94. The molecule has 0 aliphatic carbocycles. The van der Waals surface area contributed by atoms with Gasteiger partial charge >= 0.3 is 0 Å². The largest absolute Gasteiger partial charge is 0.342 e. The third kappa shape index (κ3) is 1.74. The summed E-state index contributed by atoms with van der Waals surface area (Å²) in [6.45, 7) is 4.85. The van der Waals surface area contributed by atoms with Gasteiger partial charge in [-0.1, -0.05) is 13.3 Å². The summed E-state index contributed by atoms with van der Waals surface area (Å²) in [5.41, 5.74) is 1.41. The zero-order valence-corrected chi connectivity index (χ0v) is 6.64. The van der Waals surface area contributed by atoms with E-state index >= 15 is 0 Å². The second-order valence-electron chi connectivity index (χ2n) is 2.57. The lowest BCUT2D eigenvalue weighted by Gasteiger charge is -2.16. The number of rotatable bonds is 2. The molecule has 1 aliphatic heterocycles. The summed E-state index contributed by atoms with van der Waals surface area (Å²) in [5, 5.41) is 0. The molecule has 0 atom stereocenters. The van der Waals surface area contributed by atoms with Crippen molar-refractivity contribution in [2.24, 2.45) is 0 Å². The van der Waals surface area contributed by atoms with Gasteiger partial charge in [-0.3, -0.25) is 0 Å². The highest BCUT2D eigenvalue weighted by Crippen LogP contribution is 2.20. The van der Waals surface area contributed by atoms with E-state index in [2.05, 4.69) is 6.92 Å². The van der Waals surface area contributed by atoms with Crippen LogP contribution in [0, 0.1) is 0 Å². The zero-order chi connectivity index (χ0) is 7.40. The lowest BCUT2D eigenvalue weighted by Crippen LogP contribution is -2.06. The van der Waals surface area contributed by atoms with Crippen molar-refractivity contribution >= 4 is 0 Å². The molecule has 0 saturated heterocycles. The van der Waals surface area contributed by atoms with Gasteiger partial charge in [0.05, 0.1) is 6.61 Å². The van der Waals surface area contributed by atoms with Gasteiger partial charge in [-0.05, 0) is 25.3 Å². The molecule has 0 N–H and O–H groups in total. The first kappa shape index (κ1) is 7.61. The molecule has 0 saturated carbocycles. The summed E-state index contributed by atoms with van der Waals surface area (Å²) in [6, 6.07) is 0. The van der Waals surface area contributed by atoms with E-state index in [9.17, 15) is 0 Å². The Hall–Kier alpha value is -0.500. The van der Waals surface area contributed by atoms with E-state index in [-0.39, 0.29) is 0 Å². The fraction of sp³-hybridized carbons (Fsp3) is 0.750. The number of hydrogen-bond acceptors (Lipinski definition) is 2. The first-order valence-corrected chi connectivity index (χ1v) is 3.82. The lowest BCUT2D eigenvalue weighted by atomic mass is 10.1. The molecular weight excluding hydrogens is 128 g/mol. The van der Waals surface area contributed by atoms with Gasteiger partial charge in [0.25, 0.3) is 0 Å². The van der Waals surface area contributed by atoms with Crippen LogP contribution in [0.25, 0.3) is 0 Å². The van der Waals surface area contributed by atoms with E-state index in [0.29, 0.717) is 6.61 Å². The van der Waals surface area contributed by atoms with E-state index in [1.807, 2.05) is 6.92 Å². The predicted molar refractivity (Wildman–Crippen MR) is 39.3 cm³/mol. The first-order valence-electron chi connectivity index (χ1n) is 3.82. The van der Waals surface area contributed by atoms with Crippen molar-refractivity contribution < 1.29 is 9.78 Å². The molecule has 10 heavy (non-hydrogen) atoms. The summed E-state index contributed by atoms with van der Waals surface area (Å²) in [6.07, 6.45) is 3.38. The van der Waals surface area contributed by atoms with Gasteiger partial charge in [-0.25, -0.2) is 0 Å². The van der Waals surface area contributed by atoms with Crippen molar-refractivity contribution in [2.45, 2.75) is 33.1 Å². The Bertz CT molecular complexity index is 138. The molecule has 0 amide bonds. The quantitative estimate of drug-likeness (QED) is 0.551. The Morgan fingerprint density at radius 2 is 2.30 bits per heavy atom. The molecule has 0 spiro atoms. The van der Waals surface area contributed by atoms with Gasteiger partial charge in [0.2, 0.25) is 0 Å². The van der Waals surface area contributed by atoms with Crippen molar-refractivity contribution in [3.63, 3.8) is 0 Å². The summed E-state index contributed by atoms with van der Waals surface area (Å²) in [7, 11) is 0. The van der Waals surface area contributed by atoms with E-state index in [1.165, 1.54) is 12.0 Å². The molecule has 0 aromatic rings. The van der Waals surface area contributed by atoms with E-state index in [4.69, 9.17) is 9.78 Å². The Morgan fingerprint density at radius 3 is 2.90 bits per heavy atom. The van der Waals surface area contributed by atoms with Gasteiger partial charge in [0.1, 0.15) is 5.76 Å². The van der Waals surface area contributed by atoms with Gasteiger partial charge in [-0.15, -0.1) is 0 Å². The van der Waals surface area contributed by atoms with Crippen molar-refractivity contribution in [3.05, 3.63) is 11.3 Å². The highest BCUT2D eigenvalue weighted by Gasteiger charge is 2.09. The molecule has 0 unspecified atom stereocenters. The molecule has 2 heteroatoms. The second-order valence-corrected chi connectivity index (χ2v) is 2.57. The monoisotopic (exact) mass is 142 g/mol. The van der Waals surface area contributed by atoms with Gasteiger partial charge in [0.15, 0.2) is 0 Å². The molecule has 0 aromatic heterocycles. The van der Waals surface area contributed by atoms with Gasteiger partial charge in [-0.2, -0.15) is 4.89 Å². The summed E-state index contributed by atoms with van der Waals surface area (Å²) in [5.74, 6) is 0.966. The standard InChI is InChI=1S/C8H14O2/c1-3-4-8-5-6-9-10-7(8)2/h3-6H2,1-2H3. The maximum absolute atomic E-state index is 4.92. The van der Waals surface area contributed by atoms with Crippen molar-refractivity contribution in [1.82, 2.24) is 0 Å². The number of hydrogen-bond donors (Lipinski definition) is 0. The maximum Gasteiger partial charge on any atom is 0.138 e. The molecule has 1 aliphatic rings. The third-order valence-corrected chi connectivity index (χ3v) is 1.72. The fourth-order valence-corrected chi connectivity index (χ4v) is 1.13. The number of allylic oxidation sites excluding steroid dienone is 1. The Kier molecular flexibility index (Phi) is 2.75. The molecule has 0 aromatic carbocycles. The van der Waals surface area contributed by atoms with Crippen LogP contribution >= 0.6 is 0 Å². The van der Waals surface area contributed by atoms with Crippen LogP contribution in [0.4, 0.5) is 0 Å². The van der Waals surface area contributed by atoms with Crippen molar-refractivity contribution in [1.29, 1.82) is 0 Å². The molecule has 0 bridgehead atoms. The molecule has 0 fully saturated rings. The van der Waals surface area contributed by atoms with Gasteiger partial charge < -0.3 is 4.89 Å². The first-order chi connectivity index (χ1) is 4.84. The van der Waals surface area contributed by atoms with Crippen molar-refractivity contribution in [2.75, 3.05) is 6.61 Å². The van der Waals surface area contributed by atoms with E-state index < -0.39 is 0 Å². The molecule has 1 rings (SSSR count). The lowest BCUT2D eigenvalue weighted by molar-refractivity contribution is -0.270. The van der Waals surface area contributed by atoms with Gasteiger partial charge in [0, 0.05) is 0 Å². The Labute approximate surface area is 61.8 Å². The molecule has 1 heterocycles. The summed E-state index contributed by atoms with van der Waals surface area (Å²) >= 11 is 0. The zero-order valence-electron chi connectivity index (χ0n) is 6.64. The highest BCUT2D eigenvalue weighted by molar-refractivity contribution is 5.07. The van der Waals surface area contributed by atoms with Crippen LogP contribution in [-0.4, -0.2) is 6.61 Å². The average molecular weight is 142 g/mol. The van der Waals surface area contributed by atoms with E-state index in [1.54, 1.807) is 0 Å². The van der Waals surface area contributed by atoms with Crippen LogP contribution in [0.2, 0.25) is 0 Å². The smallest absolute Gasteiger partial charge is 0.138 e. The Morgan fingerprint density at radius 1 is 1.50 bits per heavy atom. The topological polar surface area (TPSA) is 18.5 Å². The molecular formula is C8H14O2. The maximum atomic E-state index is 4.92. The normalized spacial score (nSPS) is 19.0. The van der Waals surface area contributed by atoms with Crippen LogP contribution in [0.15, 0.2) is 11.3 Å². The Balaban J connectivity index is 2.50. The van der Waals surface area contributed by atoms with Crippen LogP contribution in [0.1, 0.15) is 33.1 Å².